The second-order valence-corrected chi connectivity index (χ2v) is 6.41. The minimum Gasteiger partial charge on any atom is -0.372 e. The van der Waals surface area contributed by atoms with Gasteiger partial charge in [0.25, 0.3) is 5.91 Å². The molecule has 0 saturated carbocycles. The summed E-state index contributed by atoms with van der Waals surface area (Å²) < 4.78 is 13.6. The Morgan fingerprint density at radius 1 is 1.00 bits per heavy atom. The van der Waals surface area contributed by atoms with E-state index in [1.54, 1.807) is 18.2 Å². The van der Waals surface area contributed by atoms with Crippen LogP contribution in [0.5, 0.6) is 0 Å². The molecule has 150 valence electrons. The molecule has 0 bridgehead atoms. The van der Waals surface area contributed by atoms with Crippen molar-refractivity contribution in [1.29, 1.82) is 0 Å². The third-order valence-corrected chi connectivity index (χ3v) is 4.55. The van der Waals surface area contributed by atoms with Gasteiger partial charge in [0.1, 0.15) is 17.3 Å². The molecule has 0 aliphatic heterocycles. The molecule has 6 nitrogen and oxygen atoms in total. The van der Waals surface area contributed by atoms with Crippen LogP contribution in [-0.2, 0) is 6.54 Å². The normalized spacial score (nSPS) is 10.4. The van der Waals surface area contributed by atoms with Crippen LogP contribution in [0.2, 0.25) is 0 Å². The van der Waals surface area contributed by atoms with Gasteiger partial charge in [-0.1, -0.05) is 18.2 Å². The van der Waals surface area contributed by atoms with Crippen LogP contribution in [0.1, 0.15) is 29.9 Å². The Morgan fingerprint density at radius 3 is 2.34 bits per heavy atom. The summed E-state index contributed by atoms with van der Waals surface area (Å²) in [5.74, 6) is -0.229. The van der Waals surface area contributed by atoms with Crippen molar-refractivity contribution in [1.82, 2.24) is 15.3 Å². The monoisotopic (exact) mass is 393 g/mol. The maximum absolute atomic E-state index is 13.6. The Kier molecular flexibility index (Phi) is 6.73. The lowest BCUT2D eigenvalue weighted by Crippen LogP contribution is -2.24. The summed E-state index contributed by atoms with van der Waals surface area (Å²) in [5.41, 5.74) is 2.63. The van der Waals surface area contributed by atoms with Gasteiger partial charge in [0.15, 0.2) is 0 Å². The van der Waals surface area contributed by atoms with Gasteiger partial charge in [0.2, 0.25) is 0 Å². The van der Waals surface area contributed by atoms with Gasteiger partial charge in [-0.05, 0) is 44.2 Å². The number of hydrogen-bond donors (Lipinski definition) is 2. The highest BCUT2D eigenvalue weighted by molar-refractivity contribution is 5.92. The average Bonchev–Trinajstić information content (AvgIpc) is 2.75. The molecule has 0 radical (unpaired) electrons. The number of amides is 1. The third-order valence-electron chi connectivity index (χ3n) is 4.55. The van der Waals surface area contributed by atoms with Crippen LogP contribution in [0.15, 0.2) is 60.9 Å². The molecule has 0 aliphatic carbocycles. The minimum atomic E-state index is -0.407. The van der Waals surface area contributed by atoms with E-state index in [1.807, 2.05) is 24.3 Å². The molecule has 1 heterocycles. The van der Waals surface area contributed by atoms with Crippen LogP contribution in [-0.4, -0.2) is 29.0 Å². The minimum absolute atomic E-state index is 0.0894. The maximum atomic E-state index is 13.6. The fourth-order valence-corrected chi connectivity index (χ4v) is 2.91. The molecule has 3 rings (SSSR count). The maximum Gasteiger partial charge on any atom is 0.271 e. The van der Waals surface area contributed by atoms with Gasteiger partial charge in [-0.25, -0.2) is 14.4 Å². The largest absolute Gasteiger partial charge is 0.372 e. The lowest BCUT2D eigenvalue weighted by atomic mass is 10.2. The van der Waals surface area contributed by atoms with E-state index in [9.17, 15) is 9.18 Å². The SMILES string of the molecule is CCN(CC)c1ccc(Nc2cnc(C(=O)NCc3ccccc3F)cn2)cc1. The molecule has 7 heteroatoms. The topological polar surface area (TPSA) is 70.2 Å². The highest BCUT2D eigenvalue weighted by Gasteiger charge is 2.09. The molecule has 3 aromatic rings. The first-order valence-corrected chi connectivity index (χ1v) is 9.56. The molecule has 2 aromatic carbocycles. The number of aromatic nitrogens is 2. The summed E-state index contributed by atoms with van der Waals surface area (Å²) in [6.45, 7) is 6.25. The third kappa shape index (κ3) is 5.28. The second-order valence-electron chi connectivity index (χ2n) is 6.41. The summed E-state index contributed by atoms with van der Waals surface area (Å²) in [4.78, 5) is 22.8. The van der Waals surface area contributed by atoms with Crippen molar-refractivity contribution in [3.63, 3.8) is 0 Å². The van der Waals surface area contributed by atoms with Crippen LogP contribution < -0.4 is 15.5 Å². The zero-order valence-electron chi connectivity index (χ0n) is 16.5. The second kappa shape index (κ2) is 9.64. The quantitative estimate of drug-likeness (QED) is 0.602. The Balaban J connectivity index is 1.58. The van der Waals surface area contributed by atoms with Crippen LogP contribution in [0.4, 0.5) is 21.6 Å². The van der Waals surface area contributed by atoms with E-state index in [1.165, 1.54) is 18.5 Å². The van der Waals surface area contributed by atoms with Gasteiger partial charge in [0, 0.05) is 36.6 Å². The number of anilines is 3. The Bertz CT molecular complexity index is 940. The van der Waals surface area contributed by atoms with Crippen molar-refractivity contribution < 1.29 is 9.18 Å². The Hall–Kier alpha value is -3.48. The van der Waals surface area contributed by atoms with Crippen molar-refractivity contribution in [3.8, 4) is 0 Å². The number of carbonyl (C=O) groups is 1. The van der Waals surface area contributed by atoms with Gasteiger partial charge in [-0.2, -0.15) is 0 Å². The van der Waals surface area contributed by atoms with E-state index in [4.69, 9.17) is 0 Å². The molecular weight excluding hydrogens is 369 g/mol. The smallest absolute Gasteiger partial charge is 0.271 e. The van der Waals surface area contributed by atoms with E-state index in [0.717, 1.165) is 24.5 Å². The first kappa shape index (κ1) is 20.3. The Labute approximate surface area is 169 Å². The highest BCUT2D eigenvalue weighted by Crippen LogP contribution is 2.20. The molecule has 1 amide bonds. The fraction of sp³-hybridized carbons (Fsp3) is 0.227. The van der Waals surface area contributed by atoms with Gasteiger partial charge >= 0.3 is 0 Å². The summed E-state index contributed by atoms with van der Waals surface area (Å²) in [6.07, 6.45) is 2.89. The molecule has 0 atom stereocenters. The molecule has 0 unspecified atom stereocenters. The van der Waals surface area contributed by atoms with Gasteiger partial charge in [0.05, 0.1) is 12.4 Å². The first-order valence-electron chi connectivity index (χ1n) is 9.56. The summed E-state index contributed by atoms with van der Waals surface area (Å²) in [6, 6.07) is 14.4. The number of hydrogen-bond acceptors (Lipinski definition) is 5. The van der Waals surface area contributed by atoms with E-state index in [2.05, 4.69) is 39.3 Å². The summed E-state index contributed by atoms with van der Waals surface area (Å²) >= 11 is 0. The van der Waals surface area contributed by atoms with Gasteiger partial charge in [-0.15, -0.1) is 0 Å². The lowest BCUT2D eigenvalue weighted by molar-refractivity contribution is 0.0945. The van der Waals surface area contributed by atoms with Crippen molar-refractivity contribution in [2.75, 3.05) is 23.3 Å². The first-order chi connectivity index (χ1) is 14.1. The lowest BCUT2D eigenvalue weighted by Gasteiger charge is -2.21. The van der Waals surface area contributed by atoms with Crippen molar-refractivity contribution >= 4 is 23.1 Å². The standard InChI is InChI=1S/C22H24FN5O/c1-3-28(4-2)18-11-9-17(10-12-18)27-21-15-24-20(14-25-21)22(29)26-13-16-7-5-6-8-19(16)23/h5-12,14-15H,3-4,13H2,1-2H3,(H,25,27)(H,26,29). The number of benzene rings is 2. The molecular formula is C22H24FN5O. The van der Waals surface area contributed by atoms with Crippen LogP contribution in [0.3, 0.4) is 0 Å². The number of carbonyl (C=O) groups excluding carboxylic acids is 1. The predicted octanol–water partition coefficient (Wildman–Crippen LogP) is 4.14. The zero-order chi connectivity index (χ0) is 20.6. The summed E-state index contributed by atoms with van der Waals surface area (Å²) in [7, 11) is 0. The molecule has 29 heavy (non-hydrogen) atoms. The van der Waals surface area contributed by atoms with Gasteiger partial charge in [-0.3, -0.25) is 4.79 Å². The molecule has 0 spiro atoms. The van der Waals surface area contributed by atoms with Crippen molar-refractivity contribution in [2.24, 2.45) is 0 Å². The molecule has 1 aromatic heterocycles. The molecule has 2 N–H and O–H groups in total. The van der Waals surface area contributed by atoms with Crippen molar-refractivity contribution in [3.05, 3.63) is 78.0 Å². The Morgan fingerprint density at radius 2 is 1.72 bits per heavy atom. The van der Waals surface area contributed by atoms with Crippen LogP contribution >= 0.6 is 0 Å². The van der Waals surface area contributed by atoms with Gasteiger partial charge < -0.3 is 15.5 Å². The number of nitrogens with one attached hydrogen (secondary N) is 2. The fourth-order valence-electron chi connectivity index (χ4n) is 2.91. The number of nitrogens with zero attached hydrogens (tertiary/aromatic N) is 3. The highest BCUT2D eigenvalue weighted by atomic mass is 19.1. The average molecular weight is 393 g/mol. The number of rotatable bonds is 8. The predicted molar refractivity (Wildman–Crippen MR) is 113 cm³/mol. The van der Waals surface area contributed by atoms with E-state index < -0.39 is 5.91 Å². The molecule has 0 fully saturated rings. The summed E-state index contributed by atoms with van der Waals surface area (Å²) in [5, 5.41) is 5.81. The molecule has 0 saturated heterocycles. The van der Waals surface area contributed by atoms with E-state index >= 15 is 0 Å². The molecule has 0 aliphatic rings. The number of halogens is 1. The van der Waals surface area contributed by atoms with Crippen LogP contribution in [0, 0.1) is 5.82 Å². The van der Waals surface area contributed by atoms with E-state index in [-0.39, 0.29) is 18.1 Å². The van der Waals surface area contributed by atoms with E-state index in [0.29, 0.717) is 11.4 Å². The van der Waals surface area contributed by atoms with Crippen LogP contribution in [0.25, 0.3) is 0 Å². The zero-order valence-corrected chi connectivity index (χ0v) is 16.5. The van der Waals surface area contributed by atoms with Crippen molar-refractivity contribution in [2.45, 2.75) is 20.4 Å².